The molecule has 1 aliphatic heterocycles. The van der Waals surface area contributed by atoms with E-state index in [2.05, 4.69) is 10.6 Å². The fourth-order valence-electron chi connectivity index (χ4n) is 2.11. The molecule has 0 aliphatic carbocycles. The third kappa shape index (κ3) is 6.69. The molecule has 1 aromatic carbocycles. The van der Waals surface area contributed by atoms with Crippen molar-refractivity contribution in [3.63, 3.8) is 0 Å². The first-order valence-electron chi connectivity index (χ1n) is 8.51. The minimum Gasteiger partial charge on any atom is -0.454 e. The minimum atomic E-state index is -0.996. The van der Waals surface area contributed by atoms with Gasteiger partial charge in [0.1, 0.15) is 5.60 Å². The average Bonchev–Trinajstić information content (AvgIpc) is 3.00. The molecule has 0 unspecified atom stereocenters. The molecule has 2 rings (SSSR count). The molecule has 2 N–H and O–H groups in total. The van der Waals surface area contributed by atoms with E-state index in [9.17, 15) is 14.4 Å². The van der Waals surface area contributed by atoms with Gasteiger partial charge in [0, 0.05) is 18.3 Å². The van der Waals surface area contributed by atoms with E-state index in [4.69, 9.17) is 18.9 Å². The molecule has 0 saturated carbocycles. The summed E-state index contributed by atoms with van der Waals surface area (Å²) >= 11 is 0. The molecular weight excluding hydrogens is 356 g/mol. The summed E-state index contributed by atoms with van der Waals surface area (Å²) in [5.41, 5.74) is -0.120. The fraction of sp³-hybridized carbons (Fsp3) is 0.500. The Kier molecular flexibility index (Phi) is 6.49. The highest BCUT2D eigenvalue weighted by atomic mass is 16.7. The number of carbonyl (C=O) groups excluding carboxylic acids is 3. The number of nitrogens with one attached hydrogen (secondary N) is 2. The highest BCUT2D eigenvalue weighted by molar-refractivity contribution is 5.95. The molecule has 1 aliphatic rings. The quantitative estimate of drug-likeness (QED) is 0.728. The van der Waals surface area contributed by atoms with E-state index in [-0.39, 0.29) is 19.8 Å². The lowest BCUT2D eigenvalue weighted by Gasteiger charge is -2.19. The molecule has 0 fully saturated rings. The molecule has 0 saturated heterocycles. The first-order chi connectivity index (χ1) is 12.6. The maximum absolute atomic E-state index is 12.1. The lowest BCUT2D eigenvalue weighted by Crippen LogP contribution is -2.35. The number of esters is 1. The summed E-state index contributed by atoms with van der Waals surface area (Å²) in [6.45, 7) is 6.85. The van der Waals surface area contributed by atoms with Gasteiger partial charge in [-0.25, -0.2) is 4.79 Å². The second-order valence-corrected chi connectivity index (χ2v) is 6.87. The van der Waals surface area contributed by atoms with Crippen molar-refractivity contribution >= 4 is 23.7 Å². The highest BCUT2D eigenvalue weighted by Gasteiger charge is 2.20. The largest absolute Gasteiger partial charge is 0.454 e. The zero-order chi connectivity index (χ0) is 20.0. The summed E-state index contributed by atoms with van der Waals surface area (Å²) in [6.07, 6.45) is -1.70. The predicted molar refractivity (Wildman–Crippen MR) is 95.6 cm³/mol. The Balaban J connectivity index is 1.72. The Morgan fingerprint density at radius 2 is 1.89 bits per heavy atom. The first kappa shape index (κ1) is 20.3. The molecule has 1 aromatic rings. The van der Waals surface area contributed by atoms with Crippen LogP contribution in [0.25, 0.3) is 0 Å². The molecular formula is C18H24N2O7. The van der Waals surface area contributed by atoms with E-state index in [0.717, 1.165) is 0 Å². The second kappa shape index (κ2) is 8.61. The van der Waals surface area contributed by atoms with Gasteiger partial charge < -0.3 is 29.6 Å². The Morgan fingerprint density at radius 3 is 2.59 bits per heavy atom. The van der Waals surface area contributed by atoms with Crippen LogP contribution in [0.15, 0.2) is 18.2 Å². The van der Waals surface area contributed by atoms with Crippen LogP contribution in [0.4, 0.5) is 10.5 Å². The van der Waals surface area contributed by atoms with Crippen molar-refractivity contribution in [1.29, 1.82) is 0 Å². The molecule has 9 nitrogen and oxygen atoms in total. The van der Waals surface area contributed by atoms with Gasteiger partial charge in [0.2, 0.25) is 6.79 Å². The van der Waals surface area contributed by atoms with Crippen LogP contribution >= 0.6 is 0 Å². The predicted octanol–water partition coefficient (Wildman–Crippen LogP) is 2.20. The second-order valence-electron chi connectivity index (χ2n) is 6.87. The fourth-order valence-corrected chi connectivity index (χ4v) is 2.11. The zero-order valence-corrected chi connectivity index (χ0v) is 15.8. The number of alkyl carbamates (subject to hydrolysis) is 1. The zero-order valence-electron chi connectivity index (χ0n) is 15.8. The van der Waals surface area contributed by atoms with E-state index in [1.54, 1.807) is 39.0 Å². The summed E-state index contributed by atoms with van der Waals surface area (Å²) in [5.74, 6) is 0.0392. The van der Waals surface area contributed by atoms with Crippen molar-refractivity contribution in [2.75, 3.05) is 18.7 Å². The molecule has 27 heavy (non-hydrogen) atoms. The van der Waals surface area contributed by atoms with Crippen LogP contribution in [0.5, 0.6) is 11.5 Å². The Bertz CT molecular complexity index is 712. The molecule has 0 spiro atoms. The van der Waals surface area contributed by atoms with Crippen LogP contribution in [-0.2, 0) is 19.1 Å². The summed E-state index contributed by atoms with van der Waals surface area (Å²) in [5, 5.41) is 5.08. The van der Waals surface area contributed by atoms with E-state index in [1.165, 1.54) is 6.92 Å². The maximum Gasteiger partial charge on any atom is 0.407 e. The van der Waals surface area contributed by atoms with Crippen LogP contribution in [0.1, 0.15) is 34.1 Å². The molecule has 2 amide bonds. The lowest BCUT2D eigenvalue weighted by atomic mass is 10.2. The van der Waals surface area contributed by atoms with E-state index < -0.39 is 29.7 Å². The molecule has 0 radical (unpaired) electrons. The van der Waals surface area contributed by atoms with Gasteiger partial charge in [-0.3, -0.25) is 9.59 Å². The Morgan fingerprint density at radius 1 is 1.19 bits per heavy atom. The van der Waals surface area contributed by atoms with Crippen LogP contribution in [0, 0.1) is 0 Å². The van der Waals surface area contributed by atoms with Gasteiger partial charge in [0.25, 0.3) is 5.91 Å². The van der Waals surface area contributed by atoms with Crippen molar-refractivity contribution < 1.29 is 33.3 Å². The van der Waals surface area contributed by atoms with E-state index >= 15 is 0 Å². The van der Waals surface area contributed by atoms with Gasteiger partial charge in [-0.2, -0.15) is 0 Å². The smallest absolute Gasteiger partial charge is 0.407 e. The maximum atomic E-state index is 12.1. The van der Waals surface area contributed by atoms with Gasteiger partial charge in [0.05, 0.1) is 6.42 Å². The first-order valence-corrected chi connectivity index (χ1v) is 8.51. The van der Waals surface area contributed by atoms with Crippen molar-refractivity contribution in [3.05, 3.63) is 18.2 Å². The summed E-state index contributed by atoms with van der Waals surface area (Å²) in [7, 11) is 0. The van der Waals surface area contributed by atoms with Crippen molar-refractivity contribution in [3.8, 4) is 11.5 Å². The normalized spacial score (nSPS) is 13.5. The minimum absolute atomic E-state index is 0.0459. The van der Waals surface area contributed by atoms with Crippen molar-refractivity contribution in [2.24, 2.45) is 0 Å². The lowest BCUT2D eigenvalue weighted by molar-refractivity contribution is -0.153. The van der Waals surface area contributed by atoms with Crippen LogP contribution < -0.4 is 20.1 Å². The summed E-state index contributed by atoms with van der Waals surface area (Å²) in [4.78, 5) is 35.4. The average molecular weight is 380 g/mol. The van der Waals surface area contributed by atoms with Crippen LogP contribution in [0.2, 0.25) is 0 Å². The summed E-state index contributed by atoms with van der Waals surface area (Å²) < 4.78 is 20.5. The number of rotatable bonds is 6. The SMILES string of the molecule is C[C@@H](OC(=O)CCNC(=O)OC(C)(C)C)C(=O)Nc1ccc2c(c1)OCO2. The van der Waals surface area contributed by atoms with Crippen molar-refractivity contribution in [2.45, 2.75) is 45.8 Å². The number of carbonyl (C=O) groups is 3. The number of amides is 2. The molecule has 1 heterocycles. The standard InChI is InChI=1S/C18H24N2O7/c1-11(26-15(21)7-8-19-17(23)27-18(2,3)4)16(22)20-12-5-6-13-14(9-12)25-10-24-13/h5-6,9,11H,7-8,10H2,1-4H3,(H,19,23)(H,20,22)/t11-/m1/s1. The molecule has 0 bridgehead atoms. The van der Waals surface area contributed by atoms with E-state index in [0.29, 0.717) is 17.2 Å². The van der Waals surface area contributed by atoms with Crippen molar-refractivity contribution in [1.82, 2.24) is 5.32 Å². The topological polar surface area (TPSA) is 112 Å². The summed E-state index contributed by atoms with van der Waals surface area (Å²) in [6, 6.07) is 4.96. The number of ether oxygens (including phenoxy) is 4. The molecule has 9 heteroatoms. The van der Waals surface area contributed by atoms with Crippen LogP contribution in [0.3, 0.4) is 0 Å². The Labute approximate surface area is 157 Å². The molecule has 0 aromatic heterocycles. The number of hydrogen-bond donors (Lipinski definition) is 2. The third-order valence-corrected chi connectivity index (χ3v) is 3.31. The third-order valence-electron chi connectivity index (χ3n) is 3.31. The monoisotopic (exact) mass is 380 g/mol. The Hall–Kier alpha value is -2.97. The number of benzene rings is 1. The number of anilines is 1. The number of fused-ring (bicyclic) bond motifs is 1. The van der Waals surface area contributed by atoms with E-state index in [1.807, 2.05) is 0 Å². The molecule has 1 atom stereocenters. The van der Waals surface area contributed by atoms with Gasteiger partial charge in [-0.15, -0.1) is 0 Å². The van der Waals surface area contributed by atoms with Crippen LogP contribution in [-0.4, -0.2) is 43.0 Å². The highest BCUT2D eigenvalue weighted by Crippen LogP contribution is 2.34. The van der Waals surface area contributed by atoms with Gasteiger partial charge in [-0.05, 0) is 39.8 Å². The molecule has 148 valence electrons. The van der Waals surface area contributed by atoms with Gasteiger partial charge >= 0.3 is 12.1 Å². The van der Waals surface area contributed by atoms with Gasteiger partial charge in [-0.1, -0.05) is 0 Å². The van der Waals surface area contributed by atoms with Gasteiger partial charge in [0.15, 0.2) is 17.6 Å². The number of hydrogen-bond acceptors (Lipinski definition) is 7.